The number of rotatable bonds is 16. The van der Waals surface area contributed by atoms with Crippen LogP contribution in [-0.2, 0) is 28.4 Å². The van der Waals surface area contributed by atoms with Gasteiger partial charge in [0.05, 0.1) is 33.0 Å². The molecule has 0 fully saturated rings. The molecule has 2 unspecified atom stereocenters. The summed E-state index contributed by atoms with van der Waals surface area (Å²) in [4.78, 5) is 0. The third-order valence-corrected chi connectivity index (χ3v) is 4.26. The van der Waals surface area contributed by atoms with Crippen LogP contribution in [0.4, 0.5) is 0 Å². The van der Waals surface area contributed by atoms with Crippen LogP contribution in [-0.4, -0.2) is 89.1 Å². The first-order valence-electron chi connectivity index (χ1n) is 9.50. The van der Waals surface area contributed by atoms with Crippen molar-refractivity contribution in [2.45, 2.75) is 39.3 Å². The van der Waals surface area contributed by atoms with Gasteiger partial charge in [-0.3, -0.25) is 0 Å². The molecule has 0 spiro atoms. The maximum Gasteiger partial charge on any atom is 0.180 e. The number of nitrogens with zero attached hydrogens (tertiary/aromatic N) is 4. The summed E-state index contributed by atoms with van der Waals surface area (Å²) in [5, 5.41) is 10.8. The molecular formula is C18H36N4O6. The van der Waals surface area contributed by atoms with E-state index in [0.29, 0.717) is 51.2 Å². The van der Waals surface area contributed by atoms with Crippen LogP contribution in [0.5, 0.6) is 0 Å². The van der Waals surface area contributed by atoms with Gasteiger partial charge in [-0.1, -0.05) is 0 Å². The standard InChI is InChI=1S/C18H36N4O6/c1-8-21(13-16(25-6)26-7)22-17(14(2)27-11-9-23-4)19-20-18(22)15(3)28-12-10-24-5/h14-16H,8-13H2,1-7H3. The van der Waals surface area contributed by atoms with Gasteiger partial charge in [-0.2, -0.15) is 0 Å². The number of hydrogen-bond acceptors (Lipinski definition) is 9. The van der Waals surface area contributed by atoms with Crippen LogP contribution >= 0.6 is 0 Å². The first kappa shape index (κ1) is 24.7. The summed E-state index contributed by atoms with van der Waals surface area (Å²) >= 11 is 0. The highest BCUT2D eigenvalue weighted by atomic mass is 16.7. The minimum atomic E-state index is -0.391. The Kier molecular flexibility index (Phi) is 12.2. The highest BCUT2D eigenvalue weighted by molar-refractivity contribution is 5.07. The molecule has 0 aliphatic heterocycles. The molecule has 1 aromatic rings. The quantitative estimate of drug-likeness (QED) is 0.299. The van der Waals surface area contributed by atoms with Gasteiger partial charge in [0.2, 0.25) is 0 Å². The number of ether oxygens (including phenoxy) is 6. The zero-order valence-corrected chi connectivity index (χ0v) is 18.2. The predicted molar refractivity (Wildman–Crippen MR) is 104 cm³/mol. The Morgan fingerprint density at radius 2 is 1.29 bits per heavy atom. The Bertz CT molecular complexity index is 493. The molecular weight excluding hydrogens is 368 g/mol. The summed E-state index contributed by atoms with van der Waals surface area (Å²) in [6.45, 7) is 9.05. The Morgan fingerprint density at radius 3 is 1.64 bits per heavy atom. The van der Waals surface area contributed by atoms with Gasteiger partial charge in [-0.05, 0) is 20.8 Å². The molecule has 0 saturated heterocycles. The Morgan fingerprint density at radius 1 is 0.821 bits per heavy atom. The minimum absolute atomic E-state index is 0.278. The van der Waals surface area contributed by atoms with E-state index in [1.807, 2.05) is 25.4 Å². The summed E-state index contributed by atoms with van der Waals surface area (Å²) in [6.07, 6.45) is -0.946. The lowest BCUT2D eigenvalue weighted by atomic mass is 10.3. The molecule has 28 heavy (non-hydrogen) atoms. The van der Waals surface area contributed by atoms with E-state index in [2.05, 4.69) is 15.2 Å². The van der Waals surface area contributed by atoms with Crippen molar-refractivity contribution in [1.29, 1.82) is 0 Å². The van der Waals surface area contributed by atoms with Crippen LogP contribution in [0.2, 0.25) is 0 Å². The summed E-state index contributed by atoms with van der Waals surface area (Å²) in [7, 11) is 6.51. The average Bonchev–Trinajstić information content (AvgIpc) is 3.14. The molecule has 0 aliphatic rings. The number of aromatic nitrogens is 3. The van der Waals surface area contributed by atoms with E-state index in [1.54, 1.807) is 28.4 Å². The van der Waals surface area contributed by atoms with Gasteiger partial charge in [0.25, 0.3) is 0 Å². The Labute approximate surface area is 168 Å². The van der Waals surface area contributed by atoms with Gasteiger partial charge in [-0.15, -0.1) is 10.2 Å². The molecule has 1 aromatic heterocycles. The van der Waals surface area contributed by atoms with Crippen LogP contribution in [0.1, 0.15) is 44.6 Å². The summed E-state index contributed by atoms with van der Waals surface area (Å²) in [5.74, 6) is 1.36. The molecule has 10 heteroatoms. The average molecular weight is 405 g/mol. The lowest BCUT2D eigenvalue weighted by Crippen LogP contribution is -2.44. The maximum absolute atomic E-state index is 5.85. The summed E-state index contributed by atoms with van der Waals surface area (Å²) in [5.41, 5.74) is 0. The molecule has 0 bridgehead atoms. The fourth-order valence-corrected chi connectivity index (χ4v) is 2.64. The molecule has 164 valence electrons. The van der Waals surface area contributed by atoms with Crippen LogP contribution in [0, 0.1) is 0 Å². The topological polar surface area (TPSA) is 89.3 Å². The Balaban J connectivity index is 3.13. The normalized spacial score (nSPS) is 13.9. The van der Waals surface area contributed by atoms with Crippen molar-refractivity contribution in [3.63, 3.8) is 0 Å². The van der Waals surface area contributed by atoms with E-state index >= 15 is 0 Å². The van der Waals surface area contributed by atoms with Gasteiger partial charge < -0.3 is 33.4 Å². The molecule has 10 nitrogen and oxygen atoms in total. The molecule has 2 atom stereocenters. The van der Waals surface area contributed by atoms with Crippen LogP contribution in [0.25, 0.3) is 0 Å². The minimum Gasteiger partial charge on any atom is -0.382 e. The number of likely N-dealkylation sites (N-methyl/N-ethyl adjacent to an activating group) is 1. The van der Waals surface area contributed by atoms with Crippen molar-refractivity contribution in [3.05, 3.63) is 11.6 Å². The third-order valence-electron chi connectivity index (χ3n) is 4.26. The van der Waals surface area contributed by atoms with E-state index in [9.17, 15) is 0 Å². The van der Waals surface area contributed by atoms with E-state index in [4.69, 9.17) is 28.4 Å². The van der Waals surface area contributed by atoms with E-state index in [1.165, 1.54) is 0 Å². The monoisotopic (exact) mass is 404 g/mol. The van der Waals surface area contributed by atoms with Crippen molar-refractivity contribution >= 4 is 0 Å². The molecule has 0 amide bonds. The van der Waals surface area contributed by atoms with Gasteiger partial charge in [-0.25, -0.2) is 4.68 Å². The number of hydrogen-bond donors (Lipinski definition) is 0. The van der Waals surface area contributed by atoms with E-state index < -0.39 is 6.29 Å². The smallest absolute Gasteiger partial charge is 0.180 e. The van der Waals surface area contributed by atoms with Crippen LogP contribution in [0.15, 0.2) is 0 Å². The SMILES string of the molecule is CCN(CC(OC)OC)n1c(C(C)OCCOC)nnc1C(C)OCCOC. The lowest BCUT2D eigenvalue weighted by molar-refractivity contribution is -0.0976. The molecule has 0 radical (unpaired) electrons. The van der Waals surface area contributed by atoms with Crippen molar-refractivity contribution in [3.8, 4) is 0 Å². The zero-order chi connectivity index (χ0) is 20.9. The van der Waals surface area contributed by atoms with Gasteiger partial charge in [0.15, 0.2) is 17.9 Å². The third kappa shape index (κ3) is 7.26. The van der Waals surface area contributed by atoms with E-state index in [-0.39, 0.29) is 12.2 Å². The highest BCUT2D eigenvalue weighted by Gasteiger charge is 2.27. The second kappa shape index (κ2) is 13.8. The van der Waals surface area contributed by atoms with Crippen molar-refractivity contribution in [2.75, 3.05) is 73.0 Å². The van der Waals surface area contributed by atoms with Gasteiger partial charge >= 0.3 is 0 Å². The van der Waals surface area contributed by atoms with Crippen LogP contribution in [0.3, 0.4) is 0 Å². The van der Waals surface area contributed by atoms with Crippen molar-refractivity contribution in [1.82, 2.24) is 14.9 Å². The van der Waals surface area contributed by atoms with Gasteiger partial charge in [0, 0.05) is 35.0 Å². The molecule has 1 heterocycles. The first-order chi connectivity index (χ1) is 13.5. The molecule has 0 aromatic carbocycles. The number of methoxy groups -OCH3 is 4. The molecule has 1 rings (SSSR count). The fraction of sp³-hybridized carbons (Fsp3) is 0.889. The second-order valence-corrected chi connectivity index (χ2v) is 6.15. The predicted octanol–water partition coefficient (Wildman–Crippen LogP) is 1.30. The summed E-state index contributed by atoms with van der Waals surface area (Å²) < 4.78 is 34.5. The zero-order valence-electron chi connectivity index (χ0n) is 18.2. The fourth-order valence-electron chi connectivity index (χ4n) is 2.64. The molecule has 0 aliphatic carbocycles. The lowest BCUT2D eigenvalue weighted by Gasteiger charge is -2.31. The highest BCUT2D eigenvalue weighted by Crippen LogP contribution is 2.22. The largest absolute Gasteiger partial charge is 0.382 e. The molecule has 0 saturated carbocycles. The Hall–Kier alpha value is -1.30. The maximum atomic E-state index is 5.85. The summed E-state index contributed by atoms with van der Waals surface area (Å²) in [6, 6.07) is 0. The van der Waals surface area contributed by atoms with Crippen LogP contribution < -0.4 is 5.01 Å². The second-order valence-electron chi connectivity index (χ2n) is 6.15. The van der Waals surface area contributed by atoms with Gasteiger partial charge in [0.1, 0.15) is 12.2 Å². The van der Waals surface area contributed by atoms with Crippen molar-refractivity contribution < 1.29 is 28.4 Å². The van der Waals surface area contributed by atoms with Crippen molar-refractivity contribution in [2.24, 2.45) is 0 Å². The molecule has 0 N–H and O–H groups in total. The van der Waals surface area contributed by atoms with E-state index in [0.717, 1.165) is 0 Å². The first-order valence-corrected chi connectivity index (χ1v) is 9.50.